The minimum absolute atomic E-state index is 0.0269. The van der Waals surface area contributed by atoms with Crippen LogP contribution < -0.4 is 0 Å². The van der Waals surface area contributed by atoms with Crippen molar-refractivity contribution in [2.75, 3.05) is 6.54 Å². The van der Waals surface area contributed by atoms with Crippen molar-refractivity contribution in [1.29, 1.82) is 0 Å². The minimum Gasteiger partial charge on any atom is -0.479 e. The van der Waals surface area contributed by atoms with Gasteiger partial charge in [0.25, 0.3) is 0 Å². The number of carbonyl (C=O) groups is 1. The van der Waals surface area contributed by atoms with Gasteiger partial charge >= 0.3 is 5.97 Å². The van der Waals surface area contributed by atoms with Crippen molar-refractivity contribution in [3.05, 3.63) is 0 Å². The van der Waals surface area contributed by atoms with Gasteiger partial charge in [-0.1, -0.05) is 12.2 Å². The highest BCUT2D eigenvalue weighted by molar-refractivity contribution is 8.10. The van der Waals surface area contributed by atoms with Crippen molar-refractivity contribution in [1.82, 2.24) is 4.90 Å². The first-order chi connectivity index (χ1) is 5.86. The molecule has 0 saturated carbocycles. The van der Waals surface area contributed by atoms with Crippen LogP contribution in [0.1, 0.15) is 0 Å². The molecule has 0 saturated heterocycles. The van der Waals surface area contributed by atoms with Crippen LogP contribution in [0.5, 0.6) is 0 Å². The van der Waals surface area contributed by atoms with Gasteiger partial charge in [-0.25, -0.2) is 4.79 Å². The number of carboxylic acid groups (broad SMARTS) is 1. The van der Waals surface area contributed by atoms with Crippen LogP contribution in [-0.2, 0) is 4.79 Å². The van der Waals surface area contributed by atoms with Gasteiger partial charge in [0, 0.05) is 0 Å². The molecule has 0 rings (SSSR count). The zero-order valence-corrected chi connectivity index (χ0v) is 9.18. The first-order valence-electron chi connectivity index (χ1n) is 3.76. The molecule has 0 aliphatic heterocycles. The third-order valence-electron chi connectivity index (χ3n) is 1.52. The van der Waals surface area contributed by atoms with Gasteiger partial charge in [-0.2, -0.15) is 0 Å². The average Bonchev–Trinajstić information content (AvgIpc) is 1.97. The summed E-state index contributed by atoms with van der Waals surface area (Å²) in [5.74, 6) is -1.23. The first kappa shape index (κ1) is 12.8. The molecule has 0 amide bonds. The molecule has 0 aromatic rings. The van der Waals surface area contributed by atoms with Crippen LogP contribution in [0.4, 0.5) is 0 Å². The number of thiocarbonyl (C=S) groups is 1. The van der Waals surface area contributed by atoms with Crippen LogP contribution in [0.3, 0.4) is 0 Å². The van der Waals surface area contributed by atoms with Crippen LogP contribution in [0.15, 0.2) is 0 Å². The van der Waals surface area contributed by atoms with E-state index in [4.69, 9.17) is 22.4 Å². The maximum Gasteiger partial charge on any atom is 0.334 e. The summed E-state index contributed by atoms with van der Waals surface area (Å²) in [4.78, 5) is 11.9. The molecule has 2 N–H and O–H groups in total. The van der Waals surface area contributed by atoms with Gasteiger partial charge in [-0.3, -0.25) is 0 Å². The summed E-state index contributed by atoms with van der Waals surface area (Å²) in [6, 6.07) is 0. The average molecular weight is 219 g/mol. The molecule has 0 fully saturated rings. The summed E-state index contributed by atoms with van der Waals surface area (Å²) >= 11 is 8.71. The van der Waals surface area contributed by atoms with Crippen LogP contribution >= 0.6 is 24.8 Å². The second-order valence-corrected chi connectivity index (χ2v) is 4.00. The van der Waals surface area contributed by atoms with E-state index in [0.29, 0.717) is 0 Å². The number of hydrogen-bond acceptors (Lipinski definition) is 3. The van der Waals surface area contributed by atoms with E-state index in [-0.39, 0.29) is 16.7 Å². The molecule has 72 valence electrons. The van der Waals surface area contributed by atoms with Crippen molar-refractivity contribution in [3.63, 3.8) is 0 Å². The van der Waals surface area contributed by atoms with Crippen molar-refractivity contribution in [3.8, 4) is 0 Å². The van der Waals surface area contributed by atoms with Gasteiger partial charge < -0.3 is 15.1 Å². The van der Waals surface area contributed by atoms with E-state index in [1.54, 1.807) is 0 Å². The fourth-order valence-corrected chi connectivity index (χ4v) is 1.37. The van der Waals surface area contributed by atoms with E-state index < -0.39 is 12.1 Å². The minimum atomic E-state index is -1.42. The van der Waals surface area contributed by atoms with Crippen LogP contribution in [0, 0.1) is 0 Å². The summed E-state index contributed by atoms with van der Waals surface area (Å²) in [6.07, 6.45) is -1.42. The summed E-state index contributed by atoms with van der Waals surface area (Å²) in [6.45, 7) is -0.0324. The lowest BCUT2D eigenvalue weighted by molar-refractivity contribution is -0.147. The molecule has 0 aliphatic rings. The molecular formula is C5H11B2NO3S2. The van der Waals surface area contributed by atoms with Gasteiger partial charge in [0.2, 0.25) is 0 Å². The number of nitrogens with zero attached hydrogens (tertiary/aromatic N) is 1. The SMILES string of the molecule is BC(B)N(CC(O)C(=O)O)C(=S)S. The standard InChI is InChI=1S/C5H11B2NO3S2/c6-4(7)8(5(12)13)1-2(9)3(10)11/h2,4,9H,1,6-7H2,(H,10,11)(H,12,13). The van der Waals surface area contributed by atoms with Gasteiger partial charge in [0.05, 0.1) is 6.54 Å². The summed E-state index contributed by atoms with van der Waals surface area (Å²) < 4.78 is 0.287. The van der Waals surface area contributed by atoms with Crippen molar-refractivity contribution >= 4 is 50.8 Å². The molecule has 4 nitrogen and oxygen atoms in total. The monoisotopic (exact) mass is 219 g/mol. The molecule has 1 unspecified atom stereocenters. The number of aliphatic hydroxyl groups excluding tert-OH is 1. The highest BCUT2D eigenvalue weighted by Crippen LogP contribution is 2.01. The maximum atomic E-state index is 10.3. The molecule has 0 bridgehead atoms. The molecule has 0 aromatic heterocycles. The number of aliphatic hydroxyl groups is 1. The Morgan fingerprint density at radius 3 is 2.31 bits per heavy atom. The molecule has 0 spiro atoms. The predicted molar refractivity (Wildman–Crippen MR) is 62.8 cm³/mol. The molecule has 0 aromatic carbocycles. The third kappa shape index (κ3) is 4.54. The number of rotatable bonds is 4. The second-order valence-electron chi connectivity index (χ2n) is 2.88. The Morgan fingerprint density at radius 1 is 1.62 bits per heavy atom. The van der Waals surface area contributed by atoms with Gasteiger partial charge in [-0.05, 0) is 5.84 Å². The van der Waals surface area contributed by atoms with Crippen molar-refractivity contribution in [2.24, 2.45) is 0 Å². The summed E-state index contributed by atoms with van der Waals surface area (Å²) in [7, 11) is 3.69. The van der Waals surface area contributed by atoms with E-state index in [2.05, 4.69) is 12.6 Å². The lowest BCUT2D eigenvalue weighted by atomic mass is 9.77. The van der Waals surface area contributed by atoms with Gasteiger partial charge in [0.1, 0.15) is 20.0 Å². The third-order valence-corrected chi connectivity index (χ3v) is 2.02. The van der Waals surface area contributed by atoms with Gasteiger partial charge in [0.15, 0.2) is 6.10 Å². The van der Waals surface area contributed by atoms with E-state index in [0.717, 1.165) is 0 Å². The lowest BCUT2D eigenvalue weighted by Gasteiger charge is -2.28. The van der Waals surface area contributed by atoms with Crippen LogP contribution in [0.2, 0.25) is 0 Å². The first-order valence-corrected chi connectivity index (χ1v) is 4.62. The quantitative estimate of drug-likeness (QED) is 0.277. The number of aliphatic carboxylic acids is 1. The molecule has 0 heterocycles. The summed E-state index contributed by atoms with van der Waals surface area (Å²) in [5.41, 5.74) is 0. The largest absolute Gasteiger partial charge is 0.479 e. The fourth-order valence-electron chi connectivity index (χ4n) is 0.774. The molecule has 13 heavy (non-hydrogen) atoms. The Bertz CT molecular complexity index is 214. The molecule has 0 aliphatic carbocycles. The van der Waals surface area contributed by atoms with Crippen molar-refractivity contribution in [2.45, 2.75) is 11.9 Å². The van der Waals surface area contributed by atoms with Gasteiger partial charge in [-0.15, -0.1) is 12.6 Å². The van der Waals surface area contributed by atoms with E-state index in [1.165, 1.54) is 4.90 Å². The smallest absolute Gasteiger partial charge is 0.334 e. The Balaban J connectivity index is 4.27. The predicted octanol–water partition coefficient (Wildman–Crippen LogP) is -2.50. The van der Waals surface area contributed by atoms with E-state index in [1.807, 2.05) is 15.7 Å². The highest BCUT2D eigenvalue weighted by atomic mass is 32.1. The van der Waals surface area contributed by atoms with E-state index >= 15 is 0 Å². The zero-order chi connectivity index (χ0) is 10.6. The van der Waals surface area contributed by atoms with Crippen LogP contribution in [-0.4, -0.2) is 59.6 Å². The Labute approximate surface area is 89.5 Å². The fraction of sp³-hybridized carbons (Fsp3) is 0.600. The normalized spacial score (nSPS) is 12.5. The number of carboxylic acids is 1. The Morgan fingerprint density at radius 2 is 2.08 bits per heavy atom. The highest BCUT2D eigenvalue weighted by Gasteiger charge is 2.20. The topological polar surface area (TPSA) is 60.8 Å². The molecule has 8 heteroatoms. The van der Waals surface area contributed by atoms with Crippen molar-refractivity contribution < 1.29 is 15.0 Å². The van der Waals surface area contributed by atoms with E-state index in [9.17, 15) is 4.79 Å². The maximum absolute atomic E-state index is 10.3. The molecular weight excluding hydrogens is 208 g/mol. The molecule has 1 atom stereocenters. The summed E-state index contributed by atoms with van der Waals surface area (Å²) in [5, 5.41) is 17.5. The lowest BCUT2D eigenvalue weighted by Crippen LogP contribution is -2.44. The Kier molecular flexibility index (Phi) is 5.43. The number of hydrogen-bond donors (Lipinski definition) is 3. The number of thiol groups is 1. The zero-order valence-electron chi connectivity index (χ0n) is 7.47. The molecule has 0 radical (unpaired) electrons. The second kappa shape index (κ2) is 5.51. The van der Waals surface area contributed by atoms with Crippen LogP contribution in [0.25, 0.3) is 0 Å². The Hall–Kier alpha value is -0.200.